The van der Waals surface area contributed by atoms with E-state index in [1.807, 2.05) is 39.0 Å². The third kappa shape index (κ3) is 6.50. The van der Waals surface area contributed by atoms with Gasteiger partial charge < -0.3 is 14.6 Å². The van der Waals surface area contributed by atoms with Crippen LogP contribution >= 0.6 is 0 Å². The topological polar surface area (TPSA) is 38.7 Å². The van der Waals surface area contributed by atoms with E-state index in [2.05, 4.69) is 32.9 Å². The zero-order chi connectivity index (χ0) is 20.0. The fourth-order valence-corrected chi connectivity index (χ4v) is 3.01. The molecule has 0 aliphatic rings. The predicted octanol–water partition coefficient (Wildman–Crippen LogP) is 6.14. The number of phenolic OH excluding ortho intramolecular Hbond substituents is 1. The number of rotatable bonds is 8. The molecule has 2 aromatic rings. The van der Waals surface area contributed by atoms with Gasteiger partial charge in [0, 0.05) is 6.42 Å². The molecule has 27 heavy (non-hydrogen) atoms. The number of aromatic hydroxyl groups is 1. The Balaban J connectivity index is 1.80. The lowest BCUT2D eigenvalue weighted by Gasteiger charge is -2.17. The minimum Gasteiger partial charge on any atom is -0.507 e. The maximum absolute atomic E-state index is 9.99. The normalized spacial score (nSPS) is 11.5. The molecule has 0 saturated heterocycles. The first-order valence-electron chi connectivity index (χ1n) is 9.82. The minimum absolute atomic E-state index is 0.359. The van der Waals surface area contributed by atoms with Crippen molar-refractivity contribution in [1.82, 2.24) is 0 Å². The molecule has 0 bridgehead atoms. The number of ether oxygens (including phenoxy) is 2. The quantitative estimate of drug-likeness (QED) is 0.567. The number of hydrogen-bond acceptors (Lipinski definition) is 3. The Bertz CT molecular complexity index is 740. The van der Waals surface area contributed by atoms with Gasteiger partial charge in [-0.2, -0.15) is 0 Å². The molecule has 0 aliphatic heterocycles. The molecular weight excluding hydrogens is 336 g/mol. The van der Waals surface area contributed by atoms with Crippen LogP contribution in [0, 0.1) is 26.2 Å². The van der Waals surface area contributed by atoms with Crippen LogP contribution in [0.5, 0.6) is 17.2 Å². The summed E-state index contributed by atoms with van der Waals surface area (Å²) in [6.07, 6.45) is 3.07. The van der Waals surface area contributed by atoms with Crippen molar-refractivity contribution in [2.75, 3.05) is 13.2 Å². The molecule has 0 unspecified atom stereocenters. The van der Waals surface area contributed by atoms with Gasteiger partial charge in [0.2, 0.25) is 0 Å². The second-order valence-electron chi connectivity index (χ2n) is 8.55. The molecule has 148 valence electrons. The van der Waals surface area contributed by atoms with Gasteiger partial charge in [0.1, 0.15) is 17.2 Å². The first-order chi connectivity index (χ1) is 12.7. The Kier molecular flexibility index (Phi) is 7.18. The summed E-state index contributed by atoms with van der Waals surface area (Å²) in [4.78, 5) is 0. The molecule has 0 saturated carbocycles. The van der Waals surface area contributed by atoms with Crippen LogP contribution in [-0.4, -0.2) is 18.3 Å². The van der Waals surface area contributed by atoms with Gasteiger partial charge in [-0.1, -0.05) is 32.9 Å². The summed E-state index contributed by atoms with van der Waals surface area (Å²) in [7, 11) is 0. The molecule has 0 amide bonds. The summed E-state index contributed by atoms with van der Waals surface area (Å²) in [6, 6.07) is 10.2. The second-order valence-corrected chi connectivity index (χ2v) is 8.55. The SMILES string of the molecule is Cc1cc(OCCc2ccc(OCCCC(C)(C)C)cc2)c(C)c(C)c1O. The second kappa shape index (κ2) is 9.16. The Morgan fingerprint density at radius 1 is 0.889 bits per heavy atom. The number of phenols is 1. The predicted molar refractivity (Wildman–Crippen MR) is 112 cm³/mol. The molecule has 2 rings (SSSR count). The lowest BCUT2D eigenvalue weighted by molar-refractivity contribution is 0.269. The van der Waals surface area contributed by atoms with Crippen LogP contribution in [0.25, 0.3) is 0 Å². The highest BCUT2D eigenvalue weighted by molar-refractivity contribution is 5.51. The molecule has 0 aromatic heterocycles. The van der Waals surface area contributed by atoms with E-state index < -0.39 is 0 Å². The van der Waals surface area contributed by atoms with Crippen molar-refractivity contribution >= 4 is 0 Å². The van der Waals surface area contributed by atoms with Crippen molar-refractivity contribution in [3.8, 4) is 17.2 Å². The number of aryl methyl sites for hydroxylation is 1. The van der Waals surface area contributed by atoms with E-state index in [-0.39, 0.29) is 0 Å². The first kappa shape index (κ1) is 21.1. The molecule has 2 aromatic carbocycles. The number of hydrogen-bond donors (Lipinski definition) is 1. The fourth-order valence-electron chi connectivity index (χ4n) is 3.01. The van der Waals surface area contributed by atoms with Gasteiger partial charge in [-0.15, -0.1) is 0 Å². The summed E-state index contributed by atoms with van der Waals surface area (Å²) >= 11 is 0. The molecular formula is C24H34O3. The van der Waals surface area contributed by atoms with Gasteiger partial charge in [0.05, 0.1) is 13.2 Å². The Hall–Kier alpha value is -2.16. The molecule has 0 spiro atoms. The van der Waals surface area contributed by atoms with Crippen molar-refractivity contribution in [2.45, 2.75) is 60.8 Å². The van der Waals surface area contributed by atoms with Crippen molar-refractivity contribution in [1.29, 1.82) is 0 Å². The third-order valence-electron chi connectivity index (χ3n) is 4.92. The lowest BCUT2D eigenvalue weighted by atomic mass is 9.91. The molecule has 0 radical (unpaired) electrons. The summed E-state index contributed by atoms with van der Waals surface area (Å²) < 4.78 is 11.8. The largest absolute Gasteiger partial charge is 0.507 e. The highest BCUT2D eigenvalue weighted by Gasteiger charge is 2.11. The fraction of sp³-hybridized carbons (Fsp3) is 0.500. The van der Waals surface area contributed by atoms with Crippen LogP contribution < -0.4 is 9.47 Å². The Morgan fingerprint density at radius 2 is 1.56 bits per heavy atom. The van der Waals surface area contributed by atoms with Crippen LogP contribution in [0.1, 0.15) is 55.9 Å². The lowest BCUT2D eigenvalue weighted by Crippen LogP contribution is -2.08. The summed E-state index contributed by atoms with van der Waals surface area (Å²) in [6.45, 7) is 13.9. The summed E-state index contributed by atoms with van der Waals surface area (Å²) in [5.74, 6) is 2.13. The maximum atomic E-state index is 9.99. The highest BCUT2D eigenvalue weighted by Crippen LogP contribution is 2.32. The van der Waals surface area contributed by atoms with E-state index >= 15 is 0 Å². The van der Waals surface area contributed by atoms with Gasteiger partial charge in [0.15, 0.2) is 0 Å². The van der Waals surface area contributed by atoms with Crippen LogP contribution in [0.4, 0.5) is 0 Å². The van der Waals surface area contributed by atoms with E-state index in [9.17, 15) is 5.11 Å². The first-order valence-corrected chi connectivity index (χ1v) is 9.82. The zero-order valence-corrected chi connectivity index (χ0v) is 17.7. The van der Waals surface area contributed by atoms with E-state index in [1.54, 1.807) is 0 Å². The van der Waals surface area contributed by atoms with Crippen LogP contribution in [0.3, 0.4) is 0 Å². The van der Waals surface area contributed by atoms with Gasteiger partial charge in [-0.05, 0) is 79.5 Å². The maximum Gasteiger partial charge on any atom is 0.123 e. The Morgan fingerprint density at radius 3 is 2.19 bits per heavy atom. The standard InChI is InChI=1S/C24H34O3/c1-17-16-22(18(2)19(3)23(17)25)27-15-12-20-8-10-21(11-9-20)26-14-7-13-24(4,5)6/h8-11,16,25H,7,12-15H2,1-6H3. The highest BCUT2D eigenvalue weighted by atomic mass is 16.5. The summed E-state index contributed by atoms with van der Waals surface area (Å²) in [5.41, 5.74) is 4.32. The van der Waals surface area contributed by atoms with Crippen molar-refractivity contribution in [3.05, 3.63) is 52.6 Å². The smallest absolute Gasteiger partial charge is 0.123 e. The minimum atomic E-state index is 0.359. The van der Waals surface area contributed by atoms with Crippen molar-refractivity contribution < 1.29 is 14.6 Å². The Labute approximate surface area is 164 Å². The van der Waals surface area contributed by atoms with E-state index in [1.165, 1.54) is 5.56 Å². The van der Waals surface area contributed by atoms with Crippen LogP contribution in [-0.2, 0) is 6.42 Å². The van der Waals surface area contributed by atoms with Gasteiger partial charge >= 0.3 is 0 Å². The van der Waals surface area contributed by atoms with Crippen LogP contribution in [0.2, 0.25) is 0 Å². The van der Waals surface area contributed by atoms with Crippen molar-refractivity contribution in [3.63, 3.8) is 0 Å². The van der Waals surface area contributed by atoms with Gasteiger partial charge in [-0.25, -0.2) is 0 Å². The number of benzene rings is 2. The molecule has 3 nitrogen and oxygen atoms in total. The third-order valence-corrected chi connectivity index (χ3v) is 4.92. The van der Waals surface area contributed by atoms with E-state index in [4.69, 9.17) is 9.47 Å². The van der Waals surface area contributed by atoms with Gasteiger partial charge in [0.25, 0.3) is 0 Å². The molecule has 3 heteroatoms. The van der Waals surface area contributed by atoms with Gasteiger partial charge in [-0.3, -0.25) is 0 Å². The van der Waals surface area contributed by atoms with E-state index in [0.29, 0.717) is 17.8 Å². The van der Waals surface area contributed by atoms with Crippen LogP contribution in [0.15, 0.2) is 30.3 Å². The summed E-state index contributed by atoms with van der Waals surface area (Å²) in [5, 5.41) is 9.99. The zero-order valence-electron chi connectivity index (χ0n) is 17.7. The monoisotopic (exact) mass is 370 g/mol. The average molecular weight is 371 g/mol. The molecule has 0 heterocycles. The van der Waals surface area contributed by atoms with Crippen molar-refractivity contribution in [2.24, 2.45) is 5.41 Å². The molecule has 0 atom stereocenters. The molecule has 0 aliphatic carbocycles. The molecule has 0 fully saturated rings. The van der Waals surface area contributed by atoms with E-state index in [0.717, 1.165) is 54.1 Å². The average Bonchev–Trinajstić information content (AvgIpc) is 2.61. The molecule has 1 N–H and O–H groups in total.